The van der Waals surface area contributed by atoms with Crippen LogP contribution in [0.2, 0.25) is 10.0 Å². The second-order valence-corrected chi connectivity index (χ2v) is 13.7. The molecule has 4 aromatic rings. The summed E-state index contributed by atoms with van der Waals surface area (Å²) in [6.45, 7) is 3.52. The van der Waals surface area contributed by atoms with E-state index in [1.165, 1.54) is 24.1 Å². The number of hydrogen-bond acceptors (Lipinski definition) is 5. The highest BCUT2D eigenvalue weighted by atomic mass is 35.5. The summed E-state index contributed by atoms with van der Waals surface area (Å²) in [6.07, 6.45) is 1.79. The van der Waals surface area contributed by atoms with Gasteiger partial charge in [-0.1, -0.05) is 103 Å². The molecule has 1 atom stereocenters. The van der Waals surface area contributed by atoms with E-state index in [4.69, 9.17) is 27.9 Å². The number of carbonyl (C=O) groups is 2. The molecule has 0 saturated carbocycles. The number of nitrogens with zero attached hydrogens (tertiary/aromatic N) is 2. The standard InChI is InChI=1S/C36H39Cl2N3O5S/c1-4-5-22-39-36(43)33(23-27-12-7-6-8-13-27)40(24-29-30(37)14-11-15-31(29)38)35(42)25-41(32-16-9-10-17-34(32)46-3)47(44,45)28-20-18-26(2)19-21-28/h6-21,33H,4-5,22-25H2,1-3H3,(H,39,43). The smallest absolute Gasteiger partial charge is 0.264 e. The quantitative estimate of drug-likeness (QED) is 0.134. The van der Waals surface area contributed by atoms with Gasteiger partial charge in [0.05, 0.1) is 17.7 Å². The van der Waals surface area contributed by atoms with Gasteiger partial charge in [0, 0.05) is 35.1 Å². The third kappa shape index (κ3) is 9.06. The fourth-order valence-electron chi connectivity index (χ4n) is 5.10. The van der Waals surface area contributed by atoms with Crippen molar-refractivity contribution in [3.05, 3.63) is 124 Å². The first-order chi connectivity index (χ1) is 22.6. The van der Waals surface area contributed by atoms with Crippen molar-refractivity contribution in [3.63, 3.8) is 0 Å². The maximum Gasteiger partial charge on any atom is 0.264 e. The summed E-state index contributed by atoms with van der Waals surface area (Å²) in [5, 5.41) is 3.60. The molecule has 47 heavy (non-hydrogen) atoms. The van der Waals surface area contributed by atoms with Crippen LogP contribution in [0.15, 0.2) is 102 Å². The van der Waals surface area contributed by atoms with Gasteiger partial charge in [0.2, 0.25) is 11.8 Å². The Morgan fingerprint density at radius 3 is 2.15 bits per heavy atom. The molecule has 1 unspecified atom stereocenters. The van der Waals surface area contributed by atoms with Crippen molar-refractivity contribution < 1.29 is 22.7 Å². The number of anilines is 1. The van der Waals surface area contributed by atoms with E-state index in [1.54, 1.807) is 54.6 Å². The van der Waals surface area contributed by atoms with Crippen molar-refractivity contribution in [1.82, 2.24) is 10.2 Å². The van der Waals surface area contributed by atoms with Gasteiger partial charge in [0.15, 0.2) is 0 Å². The number of aryl methyl sites for hydroxylation is 1. The zero-order chi connectivity index (χ0) is 34.0. The molecule has 1 N–H and O–H groups in total. The number of amides is 2. The molecule has 248 valence electrons. The molecule has 8 nitrogen and oxygen atoms in total. The minimum absolute atomic E-state index is 0.000601. The van der Waals surface area contributed by atoms with Gasteiger partial charge in [-0.2, -0.15) is 0 Å². The summed E-state index contributed by atoms with van der Waals surface area (Å²) in [5.74, 6) is -0.743. The highest BCUT2D eigenvalue weighted by molar-refractivity contribution is 7.92. The first kappa shape index (κ1) is 35.8. The number of hydrogen-bond donors (Lipinski definition) is 1. The maximum atomic E-state index is 14.7. The molecule has 0 spiro atoms. The number of nitrogens with one attached hydrogen (secondary N) is 1. The van der Waals surface area contributed by atoms with E-state index in [-0.39, 0.29) is 35.2 Å². The molecule has 0 radical (unpaired) electrons. The first-order valence-electron chi connectivity index (χ1n) is 15.3. The molecule has 11 heteroatoms. The fraction of sp³-hybridized carbons (Fsp3) is 0.278. The predicted octanol–water partition coefficient (Wildman–Crippen LogP) is 7.06. The molecular formula is C36H39Cl2N3O5S. The molecule has 0 heterocycles. The van der Waals surface area contributed by atoms with E-state index >= 15 is 0 Å². The second-order valence-electron chi connectivity index (χ2n) is 11.1. The van der Waals surface area contributed by atoms with Gasteiger partial charge in [0.1, 0.15) is 18.3 Å². The zero-order valence-corrected chi connectivity index (χ0v) is 29.0. The van der Waals surface area contributed by atoms with Crippen molar-refractivity contribution >= 4 is 50.7 Å². The average Bonchev–Trinajstić information content (AvgIpc) is 3.07. The Balaban J connectivity index is 1.85. The second kappa shape index (κ2) is 16.7. The zero-order valence-electron chi connectivity index (χ0n) is 26.7. The largest absolute Gasteiger partial charge is 0.495 e. The predicted molar refractivity (Wildman–Crippen MR) is 188 cm³/mol. The van der Waals surface area contributed by atoms with Gasteiger partial charge < -0.3 is 15.0 Å². The molecule has 4 rings (SSSR count). The van der Waals surface area contributed by atoms with Gasteiger partial charge in [-0.25, -0.2) is 8.42 Å². The summed E-state index contributed by atoms with van der Waals surface area (Å²) < 4.78 is 35.1. The van der Waals surface area contributed by atoms with Gasteiger partial charge in [-0.05, 0) is 55.3 Å². The number of carbonyl (C=O) groups excluding carboxylic acids is 2. The molecule has 2 amide bonds. The van der Waals surface area contributed by atoms with Crippen LogP contribution in [-0.4, -0.2) is 51.4 Å². The molecule has 0 aliphatic carbocycles. The maximum absolute atomic E-state index is 14.7. The molecule has 0 bridgehead atoms. The van der Waals surface area contributed by atoms with Gasteiger partial charge >= 0.3 is 0 Å². The lowest BCUT2D eigenvalue weighted by molar-refractivity contribution is -0.140. The SMILES string of the molecule is CCCCNC(=O)C(Cc1ccccc1)N(Cc1c(Cl)cccc1Cl)C(=O)CN(c1ccccc1OC)S(=O)(=O)c1ccc(C)cc1. The van der Waals surface area contributed by atoms with Crippen molar-refractivity contribution in [2.45, 2.75) is 50.6 Å². The van der Waals surface area contributed by atoms with Gasteiger partial charge in [-0.15, -0.1) is 0 Å². The van der Waals surface area contributed by atoms with Crippen LogP contribution in [0.3, 0.4) is 0 Å². The van der Waals surface area contributed by atoms with Crippen LogP contribution in [0.25, 0.3) is 0 Å². The third-order valence-corrected chi connectivity index (χ3v) is 10.2. The van der Waals surface area contributed by atoms with Crippen molar-refractivity contribution in [2.24, 2.45) is 0 Å². The third-order valence-electron chi connectivity index (χ3n) is 7.73. The average molecular weight is 697 g/mol. The van der Waals surface area contributed by atoms with Gasteiger partial charge in [-0.3, -0.25) is 13.9 Å². The van der Waals surface area contributed by atoms with E-state index in [9.17, 15) is 18.0 Å². The molecule has 0 aliphatic heterocycles. The number of methoxy groups -OCH3 is 1. The monoisotopic (exact) mass is 695 g/mol. The molecule has 0 fully saturated rings. The molecule has 0 saturated heterocycles. The number of halogens is 2. The Morgan fingerprint density at radius 1 is 0.872 bits per heavy atom. The summed E-state index contributed by atoms with van der Waals surface area (Å²) in [7, 11) is -2.86. The van der Waals surface area contributed by atoms with E-state index in [0.717, 1.165) is 28.3 Å². The highest BCUT2D eigenvalue weighted by Crippen LogP contribution is 2.33. The van der Waals surface area contributed by atoms with E-state index in [2.05, 4.69) is 5.32 Å². The van der Waals surface area contributed by atoms with Crippen LogP contribution in [0, 0.1) is 6.92 Å². The summed E-state index contributed by atoms with van der Waals surface area (Å²) in [6, 6.07) is 26.3. The first-order valence-corrected chi connectivity index (χ1v) is 17.5. The Labute approximate surface area is 287 Å². The Hall–Kier alpha value is -4.05. The van der Waals surface area contributed by atoms with E-state index < -0.39 is 28.5 Å². The summed E-state index contributed by atoms with van der Waals surface area (Å²) >= 11 is 13.2. The van der Waals surface area contributed by atoms with Crippen LogP contribution in [0.4, 0.5) is 5.69 Å². The van der Waals surface area contributed by atoms with Crippen molar-refractivity contribution in [2.75, 3.05) is 24.5 Å². The van der Waals surface area contributed by atoms with Crippen LogP contribution in [0.1, 0.15) is 36.5 Å². The van der Waals surface area contributed by atoms with Crippen molar-refractivity contribution in [1.29, 1.82) is 0 Å². The fourth-order valence-corrected chi connectivity index (χ4v) is 7.04. The normalized spacial score (nSPS) is 11.9. The number of para-hydroxylation sites is 2. The minimum atomic E-state index is -4.29. The summed E-state index contributed by atoms with van der Waals surface area (Å²) in [5.41, 5.74) is 2.31. The summed E-state index contributed by atoms with van der Waals surface area (Å²) in [4.78, 5) is 29.9. The highest BCUT2D eigenvalue weighted by Gasteiger charge is 2.36. The van der Waals surface area contributed by atoms with Crippen molar-refractivity contribution in [3.8, 4) is 5.75 Å². The Bertz CT molecular complexity index is 1750. The number of rotatable bonds is 15. The lowest BCUT2D eigenvalue weighted by Gasteiger charge is -2.34. The van der Waals surface area contributed by atoms with Gasteiger partial charge in [0.25, 0.3) is 10.0 Å². The van der Waals surface area contributed by atoms with Crippen LogP contribution < -0.4 is 14.4 Å². The van der Waals surface area contributed by atoms with E-state index in [1.807, 2.05) is 44.2 Å². The topological polar surface area (TPSA) is 96.0 Å². The number of sulfonamides is 1. The molecule has 4 aromatic carbocycles. The Kier molecular flexibility index (Phi) is 12.7. The number of unbranched alkanes of at least 4 members (excludes halogenated alkanes) is 1. The number of benzene rings is 4. The molecule has 0 aliphatic rings. The lowest BCUT2D eigenvalue weighted by atomic mass is 10.0. The molecular weight excluding hydrogens is 657 g/mol. The van der Waals surface area contributed by atoms with Crippen LogP contribution in [0.5, 0.6) is 5.75 Å². The van der Waals surface area contributed by atoms with Crippen LogP contribution >= 0.6 is 23.2 Å². The number of ether oxygens (including phenoxy) is 1. The van der Waals surface area contributed by atoms with E-state index in [0.29, 0.717) is 22.2 Å². The minimum Gasteiger partial charge on any atom is -0.495 e. The lowest BCUT2D eigenvalue weighted by Crippen LogP contribution is -2.53. The Morgan fingerprint density at radius 2 is 1.51 bits per heavy atom. The molecule has 0 aromatic heterocycles. The van der Waals surface area contributed by atoms with Crippen LogP contribution in [-0.2, 0) is 32.6 Å².